The molecule has 7 heteroatoms. The van der Waals surface area contributed by atoms with E-state index >= 15 is 0 Å². The zero-order valence-electron chi connectivity index (χ0n) is 21.6. The van der Waals surface area contributed by atoms with Gasteiger partial charge in [0.05, 0.1) is 11.0 Å². The molecule has 0 atom stereocenters. The van der Waals surface area contributed by atoms with Crippen molar-refractivity contribution in [1.29, 1.82) is 0 Å². The van der Waals surface area contributed by atoms with Gasteiger partial charge in [0.15, 0.2) is 0 Å². The summed E-state index contributed by atoms with van der Waals surface area (Å²) in [7, 11) is 0. The number of carbonyl (C=O) groups excluding carboxylic acids is 1. The van der Waals surface area contributed by atoms with Crippen LogP contribution in [0.1, 0.15) is 52.0 Å². The Labute approximate surface area is 211 Å². The maximum absolute atomic E-state index is 13.9. The van der Waals surface area contributed by atoms with Crippen LogP contribution in [0, 0.1) is 18.7 Å². The summed E-state index contributed by atoms with van der Waals surface area (Å²) in [4.78, 5) is 22.1. The molecule has 0 radical (unpaired) electrons. The highest BCUT2D eigenvalue weighted by molar-refractivity contribution is 5.87. The molecule has 0 unspecified atom stereocenters. The van der Waals surface area contributed by atoms with Crippen LogP contribution in [-0.4, -0.2) is 44.2 Å². The van der Waals surface area contributed by atoms with Gasteiger partial charge in [-0.05, 0) is 95.7 Å². The third kappa shape index (κ3) is 5.11. The Morgan fingerprint density at radius 1 is 1.17 bits per heavy atom. The van der Waals surface area contributed by atoms with Gasteiger partial charge in [0.25, 0.3) is 0 Å². The lowest BCUT2D eigenvalue weighted by atomic mass is 9.92. The molecule has 5 rings (SSSR count). The number of H-pyrrole nitrogens is 1. The van der Waals surface area contributed by atoms with Crippen LogP contribution in [0.15, 0.2) is 42.6 Å². The summed E-state index contributed by atoms with van der Waals surface area (Å²) >= 11 is 0. The van der Waals surface area contributed by atoms with Gasteiger partial charge >= 0.3 is 6.09 Å². The molecule has 0 spiro atoms. The number of fused-ring (bicyclic) bond motifs is 2. The largest absolute Gasteiger partial charge is 0.444 e. The van der Waals surface area contributed by atoms with Crippen molar-refractivity contribution in [3.8, 4) is 11.4 Å². The van der Waals surface area contributed by atoms with Crippen LogP contribution in [-0.2, 0) is 11.3 Å². The van der Waals surface area contributed by atoms with Crippen molar-refractivity contribution in [1.82, 2.24) is 19.4 Å². The monoisotopic (exact) mass is 490 g/mol. The number of aromatic amines is 1. The first kappa shape index (κ1) is 24.3. The summed E-state index contributed by atoms with van der Waals surface area (Å²) < 4.78 is 21.7. The van der Waals surface area contributed by atoms with Crippen molar-refractivity contribution in [2.24, 2.45) is 5.92 Å². The minimum Gasteiger partial charge on any atom is -0.444 e. The summed E-state index contributed by atoms with van der Waals surface area (Å²) in [5.74, 6) is 1.17. The Morgan fingerprint density at radius 3 is 2.69 bits per heavy atom. The van der Waals surface area contributed by atoms with Crippen LogP contribution in [0.25, 0.3) is 33.3 Å². The number of imidazole rings is 1. The van der Waals surface area contributed by atoms with E-state index in [1.165, 1.54) is 17.0 Å². The fourth-order valence-electron chi connectivity index (χ4n) is 5.15. The molecule has 1 saturated heterocycles. The zero-order chi connectivity index (χ0) is 25.4. The molecule has 3 heterocycles. The molecule has 6 nitrogen and oxygen atoms in total. The number of hydrogen-bond donors (Lipinski definition) is 1. The van der Waals surface area contributed by atoms with Crippen LogP contribution in [0.4, 0.5) is 9.18 Å². The van der Waals surface area contributed by atoms with Crippen LogP contribution in [0.5, 0.6) is 0 Å². The van der Waals surface area contributed by atoms with Crippen molar-refractivity contribution >= 4 is 28.0 Å². The standard InChI is InChI=1S/C29H35FN4O2/c1-19-23(30)8-9-24-26(19)32-27(31-24)22-7-10-25-21(18-22)13-17-33(25)14-5-6-20-11-15-34(16-12-20)28(35)36-29(2,3)4/h7-10,13,17-18,20H,5-6,11-12,14-16H2,1-4H3,(H,31,32). The predicted octanol–water partition coefficient (Wildman–Crippen LogP) is 7.06. The van der Waals surface area contributed by atoms with E-state index in [9.17, 15) is 9.18 Å². The minimum atomic E-state index is -0.446. The predicted molar refractivity (Wildman–Crippen MR) is 141 cm³/mol. The number of rotatable bonds is 5. The number of nitrogens with one attached hydrogen (secondary N) is 1. The molecule has 190 valence electrons. The number of hydrogen-bond acceptors (Lipinski definition) is 3. The highest BCUT2D eigenvalue weighted by Gasteiger charge is 2.26. The molecule has 0 bridgehead atoms. The Balaban J connectivity index is 1.18. The lowest BCUT2D eigenvalue weighted by Crippen LogP contribution is -2.41. The summed E-state index contributed by atoms with van der Waals surface area (Å²) in [6.07, 6.45) is 6.30. The molecule has 1 amide bonds. The number of aryl methyl sites for hydroxylation is 2. The molecule has 2 aromatic carbocycles. The lowest BCUT2D eigenvalue weighted by molar-refractivity contribution is 0.0180. The zero-order valence-corrected chi connectivity index (χ0v) is 21.6. The quantitative estimate of drug-likeness (QED) is 0.326. The molecule has 4 aromatic rings. The van der Waals surface area contributed by atoms with Crippen molar-refractivity contribution < 1.29 is 13.9 Å². The fraction of sp³-hybridized carbons (Fsp3) is 0.448. The van der Waals surface area contributed by atoms with Gasteiger partial charge < -0.3 is 19.2 Å². The Bertz CT molecular complexity index is 1390. The second kappa shape index (κ2) is 9.60. The van der Waals surface area contributed by atoms with Crippen LogP contribution in [0.2, 0.25) is 0 Å². The third-order valence-corrected chi connectivity index (χ3v) is 7.16. The number of halogens is 1. The van der Waals surface area contributed by atoms with Gasteiger partial charge in [-0.25, -0.2) is 14.2 Å². The average Bonchev–Trinajstić information content (AvgIpc) is 3.45. The number of benzene rings is 2. The highest BCUT2D eigenvalue weighted by atomic mass is 19.1. The highest BCUT2D eigenvalue weighted by Crippen LogP contribution is 2.28. The Hall–Kier alpha value is -3.35. The molecular weight excluding hydrogens is 455 g/mol. The molecule has 2 aromatic heterocycles. The number of amides is 1. The van der Waals surface area contributed by atoms with E-state index in [4.69, 9.17) is 4.74 Å². The van der Waals surface area contributed by atoms with Crippen LogP contribution >= 0.6 is 0 Å². The number of piperidine rings is 1. The molecule has 1 N–H and O–H groups in total. The van der Waals surface area contributed by atoms with E-state index in [1.54, 1.807) is 13.0 Å². The van der Waals surface area contributed by atoms with E-state index in [1.807, 2.05) is 25.7 Å². The van der Waals surface area contributed by atoms with E-state index in [0.717, 1.165) is 62.2 Å². The summed E-state index contributed by atoms with van der Waals surface area (Å²) in [6.45, 7) is 10.0. The van der Waals surface area contributed by atoms with Gasteiger partial charge in [0.1, 0.15) is 17.2 Å². The molecular formula is C29H35FN4O2. The maximum atomic E-state index is 13.9. The van der Waals surface area contributed by atoms with Crippen molar-refractivity contribution in [2.45, 2.75) is 65.5 Å². The van der Waals surface area contributed by atoms with E-state index in [2.05, 4.69) is 45.0 Å². The van der Waals surface area contributed by atoms with Crippen LogP contribution in [0.3, 0.4) is 0 Å². The number of ether oxygens (including phenoxy) is 1. The van der Waals surface area contributed by atoms with Gasteiger partial charge in [-0.1, -0.05) is 0 Å². The number of carbonyl (C=O) groups is 1. The molecule has 0 saturated carbocycles. The van der Waals surface area contributed by atoms with Crippen molar-refractivity contribution in [2.75, 3.05) is 13.1 Å². The SMILES string of the molecule is Cc1c(F)ccc2[nH]c(-c3ccc4c(ccn4CCCC4CCN(C(=O)OC(C)(C)C)CC4)c3)nc12. The molecule has 1 aliphatic rings. The fourth-order valence-corrected chi connectivity index (χ4v) is 5.15. The van der Waals surface area contributed by atoms with Gasteiger partial charge in [0, 0.05) is 47.9 Å². The number of nitrogens with zero attached hydrogens (tertiary/aromatic N) is 3. The molecule has 1 aliphatic heterocycles. The number of aromatic nitrogens is 3. The summed E-state index contributed by atoms with van der Waals surface area (Å²) in [5.41, 5.74) is 3.85. The summed E-state index contributed by atoms with van der Waals surface area (Å²) in [6, 6.07) is 11.7. The molecule has 1 fully saturated rings. The average molecular weight is 491 g/mol. The number of likely N-dealkylation sites (tertiary alicyclic amines) is 1. The molecule has 36 heavy (non-hydrogen) atoms. The Morgan fingerprint density at radius 2 is 1.94 bits per heavy atom. The lowest BCUT2D eigenvalue weighted by Gasteiger charge is -2.33. The van der Waals surface area contributed by atoms with Crippen molar-refractivity contribution in [3.05, 3.63) is 54.0 Å². The summed E-state index contributed by atoms with van der Waals surface area (Å²) in [5, 5.41) is 1.17. The Kier molecular flexibility index (Phi) is 6.49. The normalized spacial score (nSPS) is 15.2. The first-order chi connectivity index (χ1) is 17.2. The van der Waals surface area contributed by atoms with Gasteiger partial charge in [-0.3, -0.25) is 0 Å². The first-order valence-electron chi connectivity index (χ1n) is 12.9. The van der Waals surface area contributed by atoms with Gasteiger partial charge in [-0.2, -0.15) is 0 Å². The van der Waals surface area contributed by atoms with Gasteiger partial charge in [0.2, 0.25) is 0 Å². The first-order valence-corrected chi connectivity index (χ1v) is 12.9. The smallest absolute Gasteiger partial charge is 0.410 e. The van der Waals surface area contributed by atoms with Crippen molar-refractivity contribution in [3.63, 3.8) is 0 Å². The van der Waals surface area contributed by atoms with E-state index in [-0.39, 0.29) is 11.9 Å². The second-order valence-electron chi connectivity index (χ2n) is 11.0. The molecule has 0 aliphatic carbocycles. The van der Waals surface area contributed by atoms with E-state index in [0.29, 0.717) is 17.0 Å². The van der Waals surface area contributed by atoms with Gasteiger partial charge in [-0.15, -0.1) is 0 Å². The van der Waals surface area contributed by atoms with E-state index < -0.39 is 5.60 Å². The second-order valence-corrected chi connectivity index (χ2v) is 11.0. The van der Waals surface area contributed by atoms with Crippen LogP contribution < -0.4 is 0 Å². The minimum absolute atomic E-state index is 0.191. The topological polar surface area (TPSA) is 63.2 Å². The maximum Gasteiger partial charge on any atom is 0.410 e. The third-order valence-electron chi connectivity index (χ3n) is 7.16.